The fraction of sp³-hybridized carbons (Fsp3) is 0.154. The number of carbonyl (C=O) groups is 1. The van der Waals surface area contributed by atoms with E-state index in [0.717, 1.165) is 23.8 Å². The van der Waals surface area contributed by atoms with E-state index in [1.807, 2.05) is 6.92 Å². The van der Waals surface area contributed by atoms with Gasteiger partial charge in [0.1, 0.15) is 11.5 Å². The third-order valence-electron chi connectivity index (χ3n) is 5.44. The van der Waals surface area contributed by atoms with Crippen LogP contribution in [0.3, 0.4) is 0 Å². The number of hydrogen-bond acceptors (Lipinski definition) is 5. The van der Waals surface area contributed by atoms with Gasteiger partial charge >= 0.3 is 6.18 Å². The Morgan fingerprint density at radius 1 is 1.03 bits per heavy atom. The monoisotopic (exact) mass is 529 g/mol. The molecule has 0 saturated heterocycles. The van der Waals surface area contributed by atoms with Crippen molar-refractivity contribution in [1.29, 1.82) is 0 Å². The summed E-state index contributed by atoms with van der Waals surface area (Å²) in [7, 11) is -2.79. The number of amides is 1. The van der Waals surface area contributed by atoms with Crippen molar-refractivity contribution >= 4 is 21.4 Å². The number of benzene rings is 3. The van der Waals surface area contributed by atoms with E-state index in [2.05, 4.69) is 10.3 Å². The molecule has 1 aromatic heterocycles. The zero-order chi connectivity index (χ0) is 26.8. The fourth-order valence-corrected chi connectivity index (χ4v) is 4.82. The zero-order valence-corrected chi connectivity index (χ0v) is 20.6. The molecule has 0 saturated carbocycles. The largest absolute Gasteiger partial charge is 0.497 e. The van der Waals surface area contributed by atoms with Gasteiger partial charge in [-0.25, -0.2) is 13.4 Å². The molecule has 192 valence electrons. The van der Waals surface area contributed by atoms with Crippen molar-refractivity contribution in [3.05, 3.63) is 90.1 Å². The SMILES string of the molecule is COc1ccc(-c2cn(-c3ccc(C)cc3)c(S(=O)(=O)CC(=O)Nc3cccc(C(F)(F)F)c3)n2)cc1. The van der Waals surface area contributed by atoms with Gasteiger partial charge in [-0.3, -0.25) is 9.36 Å². The van der Waals surface area contributed by atoms with Crippen LogP contribution in [-0.4, -0.2) is 36.7 Å². The minimum atomic E-state index is -4.61. The molecule has 0 spiro atoms. The summed E-state index contributed by atoms with van der Waals surface area (Å²) in [5.74, 6) is -1.40. The standard InChI is InChI=1S/C26H22F3N3O4S/c1-17-6-10-21(11-7-17)32-15-23(18-8-12-22(36-2)13-9-18)31-25(32)37(34,35)16-24(33)30-20-5-3-4-19(14-20)26(27,28)29/h3-15H,16H2,1-2H3,(H,30,33). The van der Waals surface area contributed by atoms with E-state index in [1.165, 1.54) is 17.7 Å². The van der Waals surface area contributed by atoms with Gasteiger partial charge in [-0.05, 0) is 61.5 Å². The van der Waals surface area contributed by atoms with E-state index >= 15 is 0 Å². The van der Waals surface area contributed by atoms with Gasteiger partial charge in [0.05, 0.1) is 18.4 Å². The van der Waals surface area contributed by atoms with Crippen LogP contribution in [0, 0.1) is 6.92 Å². The van der Waals surface area contributed by atoms with Crippen LogP contribution in [0.15, 0.2) is 84.1 Å². The van der Waals surface area contributed by atoms with Crippen molar-refractivity contribution in [3.63, 3.8) is 0 Å². The number of nitrogens with zero attached hydrogens (tertiary/aromatic N) is 2. The molecule has 0 radical (unpaired) electrons. The van der Waals surface area contributed by atoms with Crippen molar-refractivity contribution < 1.29 is 31.1 Å². The average Bonchev–Trinajstić information content (AvgIpc) is 3.30. The van der Waals surface area contributed by atoms with Crippen LogP contribution in [-0.2, 0) is 20.8 Å². The first-order chi connectivity index (χ1) is 17.5. The molecule has 0 bridgehead atoms. The molecule has 0 aliphatic rings. The van der Waals surface area contributed by atoms with Crippen molar-refractivity contribution in [2.24, 2.45) is 0 Å². The van der Waals surface area contributed by atoms with Crippen LogP contribution in [0.25, 0.3) is 16.9 Å². The minimum absolute atomic E-state index is 0.171. The molecule has 4 rings (SSSR count). The molecule has 1 heterocycles. The lowest BCUT2D eigenvalue weighted by atomic mass is 10.1. The number of imidazole rings is 1. The van der Waals surface area contributed by atoms with Gasteiger partial charge in [-0.1, -0.05) is 23.8 Å². The van der Waals surface area contributed by atoms with Crippen molar-refractivity contribution in [2.75, 3.05) is 18.2 Å². The molecule has 1 amide bonds. The summed E-state index contributed by atoms with van der Waals surface area (Å²) < 4.78 is 72.1. The number of methoxy groups -OCH3 is 1. The van der Waals surface area contributed by atoms with Crippen LogP contribution in [0.2, 0.25) is 0 Å². The summed E-state index contributed by atoms with van der Waals surface area (Å²) in [5.41, 5.74) is 1.30. The van der Waals surface area contributed by atoms with Gasteiger partial charge in [0, 0.05) is 23.1 Å². The Morgan fingerprint density at radius 2 is 1.70 bits per heavy atom. The molecule has 0 atom stereocenters. The third-order valence-corrected chi connectivity index (χ3v) is 6.93. The van der Waals surface area contributed by atoms with Gasteiger partial charge in [0.15, 0.2) is 0 Å². The molecule has 1 N–H and O–H groups in total. The van der Waals surface area contributed by atoms with E-state index in [-0.39, 0.29) is 10.8 Å². The molecule has 7 nitrogen and oxygen atoms in total. The molecule has 0 unspecified atom stereocenters. The highest BCUT2D eigenvalue weighted by molar-refractivity contribution is 7.92. The summed E-state index contributed by atoms with van der Waals surface area (Å²) in [6.45, 7) is 1.89. The number of sulfone groups is 1. The first kappa shape index (κ1) is 26.0. The maximum absolute atomic E-state index is 13.3. The summed E-state index contributed by atoms with van der Waals surface area (Å²) in [4.78, 5) is 16.9. The Bertz CT molecular complexity index is 1530. The minimum Gasteiger partial charge on any atom is -0.497 e. The molecule has 3 aromatic carbocycles. The number of alkyl halides is 3. The first-order valence-electron chi connectivity index (χ1n) is 11.0. The predicted octanol–water partition coefficient (Wildman–Crippen LogP) is 5.29. The number of rotatable bonds is 7. The lowest BCUT2D eigenvalue weighted by Gasteiger charge is -2.11. The molecule has 11 heteroatoms. The van der Waals surface area contributed by atoms with Gasteiger partial charge in [0.25, 0.3) is 0 Å². The number of nitrogens with one attached hydrogen (secondary N) is 1. The van der Waals surface area contributed by atoms with Crippen molar-refractivity contribution in [1.82, 2.24) is 9.55 Å². The molecule has 4 aromatic rings. The normalized spacial score (nSPS) is 11.8. The Labute approximate surface area is 211 Å². The number of hydrogen-bond donors (Lipinski definition) is 1. The van der Waals surface area contributed by atoms with Gasteiger partial charge in [-0.15, -0.1) is 0 Å². The number of aromatic nitrogens is 2. The maximum Gasteiger partial charge on any atom is 0.416 e. The van der Waals surface area contributed by atoms with Crippen LogP contribution in [0.5, 0.6) is 5.75 Å². The number of anilines is 1. The number of halogens is 3. The van der Waals surface area contributed by atoms with Crippen LogP contribution in [0.4, 0.5) is 18.9 Å². The van der Waals surface area contributed by atoms with Crippen molar-refractivity contribution in [3.8, 4) is 22.7 Å². The third kappa shape index (κ3) is 6.00. The molecule has 0 aliphatic carbocycles. The lowest BCUT2D eigenvalue weighted by Crippen LogP contribution is -2.25. The Balaban J connectivity index is 1.67. The number of aryl methyl sites for hydroxylation is 1. The summed E-state index contributed by atoms with van der Waals surface area (Å²) in [5, 5.41) is 1.86. The molecular weight excluding hydrogens is 507 g/mol. The lowest BCUT2D eigenvalue weighted by molar-refractivity contribution is -0.137. The second-order valence-corrected chi connectivity index (χ2v) is 10.1. The van der Waals surface area contributed by atoms with Gasteiger partial charge < -0.3 is 10.1 Å². The van der Waals surface area contributed by atoms with Crippen LogP contribution >= 0.6 is 0 Å². The number of carbonyl (C=O) groups excluding carboxylic acids is 1. The highest BCUT2D eigenvalue weighted by Crippen LogP contribution is 2.31. The Kier molecular flexibility index (Phi) is 7.08. The average molecular weight is 530 g/mol. The topological polar surface area (TPSA) is 90.3 Å². The summed E-state index contributed by atoms with van der Waals surface area (Å²) in [6.07, 6.45) is -3.06. The van der Waals surface area contributed by atoms with E-state index in [9.17, 15) is 26.4 Å². The molecular formula is C26H22F3N3O4S. The van der Waals surface area contributed by atoms with Crippen molar-refractivity contribution in [2.45, 2.75) is 18.3 Å². The second kappa shape index (κ2) is 10.1. The smallest absolute Gasteiger partial charge is 0.416 e. The Morgan fingerprint density at radius 3 is 2.32 bits per heavy atom. The molecule has 0 aliphatic heterocycles. The molecule has 37 heavy (non-hydrogen) atoms. The molecule has 0 fully saturated rings. The fourth-order valence-electron chi connectivity index (χ4n) is 3.58. The predicted molar refractivity (Wildman–Crippen MR) is 132 cm³/mol. The van der Waals surface area contributed by atoms with Crippen LogP contribution in [0.1, 0.15) is 11.1 Å². The summed E-state index contributed by atoms with van der Waals surface area (Å²) in [6, 6.07) is 17.9. The van der Waals surface area contributed by atoms with Gasteiger partial charge in [-0.2, -0.15) is 13.2 Å². The quantitative estimate of drug-likeness (QED) is 0.352. The van der Waals surface area contributed by atoms with E-state index in [4.69, 9.17) is 4.74 Å². The zero-order valence-electron chi connectivity index (χ0n) is 19.8. The van der Waals surface area contributed by atoms with E-state index in [0.29, 0.717) is 22.7 Å². The first-order valence-corrected chi connectivity index (χ1v) is 12.6. The summed E-state index contributed by atoms with van der Waals surface area (Å²) >= 11 is 0. The number of ether oxygens (including phenoxy) is 1. The maximum atomic E-state index is 13.3. The van der Waals surface area contributed by atoms with E-state index < -0.39 is 33.2 Å². The van der Waals surface area contributed by atoms with Crippen LogP contribution < -0.4 is 10.1 Å². The van der Waals surface area contributed by atoms with E-state index in [1.54, 1.807) is 54.7 Å². The van der Waals surface area contributed by atoms with Gasteiger partial charge in [0.2, 0.25) is 20.9 Å². The highest BCUT2D eigenvalue weighted by Gasteiger charge is 2.31. The highest BCUT2D eigenvalue weighted by atomic mass is 32.2. The Hall–Kier alpha value is -4.12. The second-order valence-electron chi connectivity index (χ2n) is 8.23.